The van der Waals surface area contributed by atoms with Gasteiger partial charge in [-0.25, -0.2) is 4.98 Å². The molecule has 2 aromatic heterocycles. The second-order valence-corrected chi connectivity index (χ2v) is 7.18. The van der Waals surface area contributed by atoms with Gasteiger partial charge in [0.25, 0.3) is 5.91 Å². The number of rotatable bonds is 3. The topological polar surface area (TPSA) is 75.6 Å². The molecule has 0 aliphatic carbocycles. The third-order valence-corrected chi connectivity index (χ3v) is 4.60. The highest BCUT2D eigenvalue weighted by molar-refractivity contribution is 5.94. The van der Waals surface area contributed by atoms with Gasteiger partial charge in [0.05, 0.1) is 5.69 Å². The number of imidazole rings is 1. The molecular weight excluding hydrogens is 290 g/mol. The van der Waals surface area contributed by atoms with E-state index < -0.39 is 0 Å². The number of aryl methyl sites for hydroxylation is 2. The number of carbonyl (C=O) groups is 1. The molecule has 0 radical (unpaired) electrons. The summed E-state index contributed by atoms with van der Waals surface area (Å²) in [5.41, 5.74) is 4.91. The van der Waals surface area contributed by atoms with Crippen LogP contribution in [0.3, 0.4) is 0 Å². The van der Waals surface area contributed by atoms with Crippen LogP contribution >= 0.6 is 0 Å². The number of carbonyl (C=O) groups excluding carboxylic acids is 1. The quantitative estimate of drug-likeness (QED) is 0.911. The highest BCUT2D eigenvalue weighted by Crippen LogP contribution is 2.26. The highest BCUT2D eigenvalue weighted by Gasteiger charge is 2.30. The molecule has 23 heavy (non-hydrogen) atoms. The van der Waals surface area contributed by atoms with Crippen molar-refractivity contribution in [3.63, 3.8) is 0 Å². The molecule has 3 rings (SSSR count). The summed E-state index contributed by atoms with van der Waals surface area (Å²) >= 11 is 0. The van der Waals surface area contributed by atoms with E-state index in [1.165, 1.54) is 11.3 Å². The van der Waals surface area contributed by atoms with Gasteiger partial charge in [-0.15, -0.1) is 0 Å². The number of nitrogens with one attached hydrogen (secondary N) is 2. The van der Waals surface area contributed by atoms with Gasteiger partial charge in [0.15, 0.2) is 0 Å². The summed E-state index contributed by atoms with van der Waals surface area (Å²) < 4.78 is 2.01. The van der Waals surface area contributed by atoms with Gasteiger partial charge in [0, 0.05) is 36.5 Å². The molecule has 2 N–H and O–H groups in total. The molecule has 0 saturated heterocycles. The van der Waals surface area contributed by atoms with E-state index in [-0.39, 0.29) is 11.3 Å². The normalized spacial score (nSPS) is 16.8. The summed E-state index contributed by atoms with van der Waals surface area (Å²) in [5.74, 6) is 0.760. The largest absolute Gasteiger partial charge is 0.350 e. The van der Waals surface area contributed by atoms with E-state index >= 15 is 0 Å². The molecule has 6 heteroatoms. The molecule has 0 aromatic carbocycles. The highest BCUT2D eigenvalue weighted by atomic mass is 16.1. The summed E-state index contributed by atoms with van der Waals surface area (Å²) in [6.07, 6.45) is 1.50. The van der Waals surface area contributed by atoms with Gasteiger partial charge in [-0.1, -0.05) is 13.8 Å². The lowest BCUT2D eigenvalue weighted by Gasteiger charge is -2.21. The summed E-state index contributed by atoms with van der Waals surface area (Å²) in [6, 6.07) is 0. The maximum absolute atomic E-state index is 12.2. The molecule has 0 bridgehead atoms. The van der Waals surface area contributed by atoms with Crippen LogP contribution in [-0.2, 0) is 19.4 Å². The lowest BCUT2D eigenvalue weighted by atomic mass is 9.88. The SMILES string of the molecule is CCn1nc(C)c(Cc2nc3c([nH]2)CC(C)(C)CNC3=O)c1C. The van der Waals surface area contributed by atoms with Crippen LogP contribution in [0.1, 0.15) is 59.7 Å². The zero-order valence-corrected chi connectivity index (χ0v) is 14.6. The Morgan fingerprint density at radius 3 is 2.70 bits per heavy atom. The molecule has 0 atom stereocenters. The monoisotopic (exact) mass is 315 g/mol. The first kappa shape index (κ1) is 15.8. The smallest absolute Gasteiger partial charge is 0.271 e. The van der Waals surface area contributed by atoms with E-state index in [0.717, 1.165) is 30.2 Å². The van der Waals surface area contributed by atoms with Crippen molar-refractivity contribution in [2.45, 2.75) is 54.0 Å². The van der Waals surface area contributed by atoms with Crippen LogP contribution < -0.4 is 5.32 Å². The van der Waals surface area contributed by atoms with Crippen LogP contribution in [0.5, 0.6) is 0 Å². The van der Waals surface area contributed by atoms with Gasteiger partial charge in [-0.2, -0.15) is 5.10 Å². The van der Waals surface area contributed by atoms with E-state index in [2.05, 4.69) is 48.1 Å². The predicted molar refractivity (Wildman–Crippen MR) is 88.6 cm³/mol. The average molecular weight is 315 g/mol. The van der Waals surface area contributed by atoms with E-state index in [1.807, 2.05) is 11.6 Å². The molecule has 124 valence electrons. The first-order valence-corrected chi connectivity index (χ1v) is 8.19. The number of nitrogens with zero attached hydrogens (tertiary/aromatic N) is 3. The minimum atomic E-state index is -0.0780. The average Bonchev–Trinajstić information content (AvgIpc) is 2.96. The number of H-pyrrole nitrogens is 1. The second kappa shape index (κ2) is 5.51. The summed E-state index contributed by atoms with van der Waals surface area (Å²) in [6.45, 7) is 12.0. The van der Waals surface area contributed by atoms with Crippen molar-refractivity contribution >= 4 is 5.91 Å². The van der Waals surface area contributed by atoms with Crippen molar-refractivity contribution in [1.82, 2.24) is 25.1 Å². The van der Waals surface area contributed by atoms with Gasteiger partial charge in [-0.3, -0.25) is 9.48 Å². The maximum atomic E-state index is 12.2. The van der Waals surface area contributed by atoms with Gasteiger partial charge < -0.3 is 10.3 Å². The molecule has 0 spiro atoms. The van der Waals surface area contributed by atoms with Crippen LogP contribution in [-0.4, -0.2) is 32.2 Å². The zero-order valence-electron chi connectivity index (χ0n) is 14.6. The molecule has 2 aromatic rings. The Morgan fingerprint density at radius 1 is 1.30 bits per heavy atom. The summed E-state index contributed by atoms with van der Waals surface area (Å²) in [4.78, 5) is 20.2. The van der Waals surface area contributed by atoms with Crippen molar-refractivity contribution in [3.05, 3.63) is 34.2 Å². The van der Waals surface area contributed by atoms with Gasteiger partial charge in [-0.05, 0) is 32.6 Å². The molecular formula is C17H25N5O. The fourth-order valence-electron chi connectivity index (χ4n) is 3.27. The van der Waals surface area contributed by atoms with Gasteiger partial charge in [0.1, 0.15) is 11.5 Å². The first-order valence-electron chi connectivity index (χ1n) is 8.19. The Balaban J connectivity index is 1.93. The Morgan fingerprint density at radius 2 is 2.04 bits per heavy atom. The summed E-state index contributed by atoms with van der Waals surface area (Å²) in [5, 5.41) is 7.52. The van der Waals surface area contributed by atoms with Crippen molar-refractivity contribution < 1.29 is 4.79 Å². The number of aromatic amines is 1. The van der Waals surface area contributed by atoms with Gasteiger partial charge in [0.2, 0.25) is 0 Å². The van der Waals surface area contributed by atoms with Crippen molar-refractivity contribution in [2.24, 2.45) is 5.41 Å². The van der Waals surface area contributed by atoms with Crippen LogP contribution in [0.15, 0.2) is 0 Å². The molecule has 6 nitrogen and oxygen atoms in total. The van der Waals surface area contributed by atoms with E-state index in [1.54, 1.807) is 0 Å². The molecule has 3 heterocycles. The third kappa shape index (κ3) is 2.90. The molecule has 1 aliphatic rings. The lowest BCUT2D eigenvalue weighted by molar-refractivity contribution is 0.0940. The van der Waals surface area contributed by atoms with Crippen LogP contribution in [0, 0.1) is 19.3 Å². The second-order valence-electron chi connectivity index (χ2n) is 7.18. The van der Waals surface area contributed by atoms with Crippen LogP contribution in [0.4, 0.5) is 0 Å². The molecule has 0 saturated carbocycles. The van der Waals surface area contributed by atoms with Gasteiger partial charge >= 0.3 is 0 Å². The number of amides is 1. The Bertz CT molecular complexity index is 753. The standard InChI is InChI=1S/C17H25N5O/c1-6-22-11(3)12(10(2)21-22)7-14-19-13-8-17(4,5)9-18-16(23)15(13)20-14/h6-9H2,1-5H3,(H,18,23)(H,19,20). The van der Waals surface area contributed by atoms with E-state index in [9.17, 15) is 4.79 Å². The number of hydrogen-bond donors (Lipinski definition) is 2. The summed E-state index contributed by atoms with van der Waals surface area (Å²) in [7, 11) is 0. The molecule has 0 unspecified atom stereocenters. The minimum Gasteiger partial charge on any atom is -0.350 e. The predicted octanol–water partition coefficient (Wildman–Crippen LogP) is 2.15. The molecule has 0 fully saturated rings. The fraction of sp³-hybridized carbons (Fsp3) is 0.588. The maximum Gasteiger partial charge on any atom is 0.271 e. The Labute approximate surface area is 136 Å². The van der Waals surface area contributed by atoms with Crippen LogP contribution in [0.2, 0.25) is 0 Å². The molecule has 1 aliphatic heterocycles. The minimum absolute atomic E-state index is 0.0314. The van der Waals surface area contributed by atoms with Crippen molar-refractivity contribution in [3.8, 4) is 0 Å². The lowest BCUT2D eigenvalue weighted by Crippen LogP contribution is -2.32. The van der Waals surface area contributed by atoms with Crippen molar-refractivity contribution in [1.29, 1.82) is 0 Å². The van der Waals surface area contributed by atoms with Crippen LogP contribution in [0.25, 0.3) is 0 Å². The Hall–Kier alpha value is -2.11. The fourth-order valence-corrected chi connectivity index (χ4v) is 3.27. The molecule has 1 amide bonds. The van der Waals surface area contributed by atoms with E-state index in [0.29, 0.717) is 18.7 Å². The zero-order chi connectivity index (χ0) is 16.8. The number of hydrogen-bond acceptors (Lipinski definition) is 3. The first-order chi connectivity index (χ1) is 10.8. The number of aromatic nitrogens is 4. The van der Waals surface area contributed by atoms with Crippen molar-refractivity contribution in [2.75, 3.05) is 6.54 Å². The Kier molecular flexibility index (Phi) is 3.78. The number of fused-ring (bicyclic) bond motifs is 1. The third-order valence-electron chi connectivity index (χ3n) is 4.60. The van der Waals surface area contributed by atoms with E-state index in [4.69, 9.17) is 0 Å².